The van der Waals surface area contributed by atoms with E-state index in [0.717, 1.165) is 18.4 Å². The molecule has 0 saturated carbocycles. The molecule has 21 heavy (non-hydrogen) atoms. The first-order valence-electron chi connectivity index (χ1n) is 7.24. The van der Waals surface area contributed by atoms with Gasteiger partial charge in [-0.05, 0) is 37.0 Å². The van der Waals surface area contributed by atoms with Crippen LogP contribution in [0.25, 0.3) is 0 Å². The number of hydrogen-bond acceptors (Lipinski definition) is 2. The van der Waals surface area contributed by atoms with Gasteiger partial charge in [0.2, 0.25) is 11.8 Å². The van der Waals surface area contributed by atoms with Gasteiger partial charge < -0.3 is 9.80 Å². The lowest BCUT2D eigenvalue weighted by atomic mass is 10.1. The lowest BCUT2D eigenvalue weighted by Gasteiger charge is -2.26. The maximum absolute atomic E-state index is 13.1. The van der Waals surface area contributed by atoms with Crippen molar-refractivity contribution in [2.75, 3.05) is 20.6 Å². The van der Waals surface area contributed by atoms with Gasteiger partial charge in [-0.25, -0.2) is 4.39 Å². The fourth-order valence-corrected chi connectivity index (χ4v) is 2.71. The summed E-state index contributed by atoms with van der Waals surface area (Å²) in [4.78, 5) is 27.6. The molecule has 0 aromatic heterocycles. The van der Waals surface area contributed by atoms with Crippen LogP contribution in [-0.4, -0.2) is 48.3 Å². The second-order valence-corrected chi connectivity index (χ2v) is 5.61. The summed E-state index contributed by atoms with van der Waals surface area (Å²) >= 11 is 0. The Labute approximate surface area is 124 Å². The summed E-state index contributed by atoms with van der Waals surface area (Å²) in [5, 5.41) is 0. The van der Waals surface area contributed by atoms with Crippen LogP contribution in [0.3, 0.4) is 0 Å². The number of amides is 2. The summed E-state index contributed by atoms with van der Waals surface area (Å²) in [5.74, 6) is -0.342. The molecule has 5 heteroatoms. The number of rotatable bonds is 4. The molecular weight excluding hydrogens is 271 g/mol. The molecule has 1 unspecified atom stereocenters. The molecule has 0 radical (unpaired) electrons. The highest BCUT2D eigenvalue weighted by Gasteiger charge is 2.34. The molecule has 0 bridgehead atoms. The van der Waals surface area contributed by atoms with Gasteiger partial charge >= 0.3 is 0 Å². The third kappa shape index (κ3) is 3.80. The molecule has 0 spiro atoms. The van der Waals surface area contributed by atoms with E-state index in [0.29, 0.717) is 19.4 Å². The van der Waals surface area contributed by atoms with E-state index in [2.05, 4.69) is 0 Å². The number of carbonyl (C=O) groups excluding carboxylic acids is 2. The Hall–Kier alpha value is -1.91. The first-order chi connectivity index (χ1) is 9.99. The van der Waals surface area contributed by atoms with Crippen molar-refractivity contribution >= 4 is 11.8 Å². The molecule has 0 aliphatic carbocycles. The van der Waals surface area contributed by atoms with Crippen molar-refractivity contribution < 1.29 is 14.0 Å². The molecule has 114 valence electrons. The molecule has 1 fully saturated rings. The van der Waals surface area contributed by atoms with Crippen molar-refractivity contribution in [3.05, 3.63) is 35.6 Å². The maximum Gasteiger partial charge on any atom is 0.244 e. The summed E-state index contributed by atoms with van der Waals surface area (Å²) in [6.45, 7) is 0.631. The Morgan fingerprint density at radius 1 is 1.38 bits per heavy atom. The van der Waals surface area contributed by atoms with Crippen LogP contribution < -0.4 is 0 Å². The fourth-order valence-electron chi connectivity index (χ4n) is 2.71. The van der Waals surface area contributed by atoms with Gasteiger partial charge in [-0.1, -0.05) is 12.1 Å². The number of likely N-dealkylation sites (N-methyl/N-ethyl adjacent to an activating group) is 1. The number of hydrogen-bond donors (Lipinski definition) is 0. The van der Waals surface area contributed by atoms with Crippen LogP contribution in [0, 0.1) is 5.82 Å². The molecule has 1 aromatic rings. The van der Waals surface area contributed by atoms with Crippen LogP contribution in [0.4, 0.5) is 4.39 Å². The van der Waals surface area contributed by atoms with E-state index in [4.69, 9.17) is 0 Å². The molecule has 0 N–H and O–H groups in total. The zero-order chi connectivity index (χ0) is 15.4. The largest absolute Gasteiger partial charge is 0.347 e. The number of carbonyl (C=O) groups is 2. The first kappa shape index (κ1) is 15.5. The third-order valence-electron chi connectivity index (χ3n) is 3.82. The summed E-state index contributed by atoms with van der Waals surface area (Å²) in [6.07, 6.45) is 2.38. The van der Waals surface area contributed by atoms with Crippen molar-refractivity contribution in [1.82, 2.24) is 9.80 Å². The minimum atomic E-state index is -0.333. The minimum Gasteiger partial charge on any atom is -0.347 e. The predicted molar refractivity (Wildman–Crippen MR) is 78.2 cm³/mol. The van der Waals surface area contributed by atoms with Crippen LogP contribution in [0.1, 0.15) is 24.8 Å². The van der Waals surface area contributed by atoms with E-state index in [1.165, 1.54) is 17.0 Å². The van der Waals surface area contributed by atoms with Gasteiger partial charge in [0.15, 0.2) is 0 Å². The summed E-state index contributed by atoms with van der Waals surface area (Å²) in [6, 6.07) is 5.95. The standard InChI is InChI=1S/C16H21FN2O2/c1-18(2)16(21)14-7-4-10-19(14)15(20)9-8-12-5-3-6-13(17)11-12/h3,5-6,11,14H,4,7-10H2,1-2H3. The number of nitrogens with zero attached hydrogens (tertiary/aromatic N) is 2. The van der Waals surface area contributed by atoms with Crippen LogP contribution in [0.2, 0.25) is 0 Å². The highest BCUT2D eigenvalue weighted by Crippen LogP contribution is 2.20. The van der Waals surface area contributed by atoms with Gasteiger partial charge in [-0.2, -0.15) is 0 Å². The van der Waals surface area contributed by atoms with Crippen LogP contribution >= 0.6 is 0 Å². The SMILES string of the molecule is CN(C)C(=O)C1CCCN1C(=O)CCc1cccc(F)c1. The molecule has 1 aromatic carbocycles. The van der Waals surface area contributed by atoms with Crippen molar-refractivity contribution in [2.45, 2.75) is 31.7 Å². The van der Waals surface area contributed by atoms with Gasteiger partial charge in [0.1, 0.15) is 11.9 Å². The predicted octanol–water partition coefficient (Wildman–Crippen LogP) is 1.84. The van der Waals surface area contributed by atoms with Gasteiger partial charge in [0, 0.05) is 27.1 Å². The minimum absolute atomic E-state index is 0.0217. The first-order valence-corrected chi connectivity index (χ1v) is 7.24. The average molecular weight is 292 g/mol. The normalized spacial score (nSPS) is 17.9. The molecule has 4 nitrogen and oxygen atoms in total. The van der Waals surface area contributed by atoms with Crippen LogP contribution in [0.5, 0.6) is 0 Å². The molecule has 2 rings (SSSR count). The lowest BCUT2D eigenvalue weighted by molar-refractivity contribution is -0.142. The Balaban J connectivity index is 1.95. The van der Waals surface area contributed by atoms with Gasteiger partial charge in [0.05, 0.1) is 0 Å². The zero-order valence-corrected chi connectivity index (χ0v) is 12.5. The van der Waals surface area contributed by atoms with Crippen molar-refractivity contribution in [2.24, 2.45) is 0 Å². The number of aryl methyl sites for hydroxylation is 1. The van der Waals surface area contributed by atoms with E-state index in [1.54, 1.807) is 25.1 Å². The second kappa shape index (κ2) is 6.70. The topological polar surface area (TPSA) is 40.6 Å². The quantitative estimate of drug-likeness (QED) is 0.849. The van der Waals surface area contributed by atoms with Crippen LogP contribution in [-0.2, 0) is 16.0 Å². The summed E-state index contributed by atoms with van der Waals surface area (Å²) < 4.78 is 13.1. The summed E-state index contributed by atoms with van der Waals surface area (Å²) in [7, 11) is 3.41. The van der Waals surface area contributed by atoms with Crippen molar-refractivity contribution in [1.29, 1.82) is 0 Å². The maximum atomic E-state index is 13.1. The molecule has 2 amide bonds. The van der Waals surface area contributed by atoms with E-state index >= 15 is 0 Å². The van der Waals surface area contributed by atoms with Gasteiger partial charge in [0.25, 0.3) is 0 Å². The molecule has 1 saturated heterocycles. The third-order valence-corrected chi connectivity index (χ3v) is 3.82. The Morgan fingerprint density at radius 2 is 2.14 bits per heavy atom. The highest BCUT2D eigenvalue weighted by atomic mass is 19.1. The van der Waals surface area contributed by atoms with Crippen molar-refractivity contribution in [3.8, 4) is 0 Å². The van der Waals surface area contributed by atoms with E-state index in [-0.39, 0.29) is 23.7 Å². The van der Waals surface area contributed by atoms with E-state index in [1.807, 2.05) is 6.07 Å². The molecule has 1 heterocycles. The highest BCUT2D eigenvalue weighted by molar-refractivity contribution is 5.88. The number of likely N-dealkylation sites (tertiary alicyclic amines) is 1. The smallest absolute Gasteiger partial charge is 0.244 e. The van der Waals surface area contributed by atoms with E-state index < -0.39 is 0 Å². The zero-order valence-electron chi connectivity index (χ0n) is 12.5. The monoisotopic (exact) mass is 292 g/mol. The fraction of sp³-hybridized carbons (Fsp3) is 0.500. The van der Waals surface area contributed by atoms with Gasteiger partial charge in [-0.3, -0.25) is 9.59 Å². The second-order valence-electron chi connectivity index (χ2n) is 5.61. The Morgan fingerprint density at radius 3 is 2.81 bits per heavy atom. The lowest BCUT2D eigenvalue weighted by Crippen LogP contribution is -2.45. The number of halogens is 1. The van der Waals surface area contributed by atoms with Crippen molar-refractivity contribution in [3.63, 3.8) is 0 Å². The molecule has 1 aliphatic rings. The Kier molecular flexibility index (Phi) is 4.94. The average Bonchev–Trinajstić information content (AvgIpc) is 2.93. The number of benzene rings is 1. The summed E-state index contributed by atoms with van der Waals surface area (Å²) in [5.41, 5.74) is 0.804. The van der Waals surface area contributed by atoms with Crippen LogP contribution in [0.15, 0.2) is 24.3 Å². The Bertz CT molecular complexity index is 531. The van der Waals surface area contributed by atoms with E-state index in [9.17, 15) is 14.0 Å². The van der Waals surface area contributed by atoms with Gasteiger partial charge in [-0.15, -0.1) is 0 Å². The molecule has 1 aliphatic heterocycles. The molecular formula is C16H21FN2O2. The molecule has 1 atom stereocenters.